The number of fused-ring (bicyclic) bond motifs is 1. The van der Waals surface area contributed by atoms with Gasteiger partial charge in [-0.2, -0.15) is 0 Å². The van der Waals surface area contributed by atoms with Crippen LogP contribution in [0.1, 0.15) is 16.7 Å². The summed E-state index contributed by atoms with van der Waals surface area (Å²) in [5.74, 6) is 0.706. The Hall–Kier alpha value is -2.89. The van der Waals surface area contributed by atoms with E-state index in [2.05, 4.69) is 46.8 Å². The lowest BCUT2D eigenvalue weighted by Crippen LogP contribution is -2.44. The number of benzene rings is 3. The maximum Gasteiger partial charge on any atom is 0.206 e. The minimum atomic E-state index is -0.224. The molecule has 5 rings (SSSR count). The highest BCUT2D eigenvalue weighted by atomic mass is 35.5. The van der Waals surface area contributed by atoms with Crippen LogP contribution in [-0.4, -0.2) is 35.7 Å². The van der Waals surface area contributed by atoms with Gasteiger partial charge in [0.25, 0.3) is 0 Å². The first kappa shape index (κ1) is 21.0. The number of aryl methyl sites for hydroxylation is 1. The van der Waals surface area contributed by atoms with Gasteiger partial charge in [0.2, 0.25) is 5.95 Å². The largest absolute Gasteiger partial charge is 0.340 e. The SMILES string of the molecule is Cc1cc2c(nc(N3CCNCC3)n2Cc2ccc(Cl)cc2)c(-c2ccccc2F)c1C. The summed E-state index contributed by atoms with van der Waals surface area (Å²) in [5, 5.41) is 4.14. The van der Waals surface area contributed by atoms with Gasteiger partial charge in [0.1, 0.15) is 5.82 Å². The van der Waals surface area contributed by atoms with Crippen molar-refractivity contribution in [2.75, 3.05) is 31.1 Å². The molecule has 0 radical (unpaired) electrons. The summed E-state index contributed by atoms with van der Waals surface area (Å²) in [5.41, 5.74) is 6.68. The van der Waals surface area contributed by atoms with Crippen LogP contribution in [0.25, 0.3) is 22.2 Å². The highest BCUT2D eigenvalue weighted by Crippen LogP contribution is 2.37. The van der Waals surface area contributed by atoms with Crippen molar-refractivity contribution in [1.82, 2.24) is 14.9 Å². The van der Waals surface area contributed by atoms with Crippen LogP contribution in [0.5, 0.6) is 0 Å². The van der Waals surface area contributed by atoms with Crippen LogP contribution in [0.2, 0.25) is 5.02 Å². The number of halogens is 2. The number of hydrogen-bond donors (Lipinski definition) is 1. The van der Waals surface area contributed by atoms with E-state index in [9.17, 15) is 4.39 Å². The third-order valence-corrected chi connectivity index (χ3v) is 6.59. The molecule has 1 N–H and O–H groups in total. The lowest BCUT2D eigenvalue weighted by atomic mass is 9.95. The van der Waals surface area contributed by atoms with Gasteiger partial charge in [-0.15, -0.1) is 0 Å². The number of nitrogens with zero attached hydrogens (tertiary/aromatic N) is 3. The van der Waals surface area contributed by atoms with E-state index in [1.54, 1.807) is 6.07 Å². The van der Waals surface area contributed by atoms with E-state index >= 15 is 0 Å². The fourth-order valence-electron chi connectivity index (χ4n) is 4.50. The van der Waals surface area contributed by atoms with Crippen molar-refractivity contribution in [2.45, 2.75) is 20.4 Å². The van der Waals surface area contributed by atoms with Gasteiger partial charge in [-0.1, -0.05) is 41.9 Å². The van der Waals surface area contributed by atoms with Crippen LogP contribution in [-0.2, 0) is 6.54 Å². The predicted molar refractivity (Wildman–Crippen MR) is 130 cm³/mol. The van der Waals surface area contributed by atoms with E-state index in [-0.39, 0.29) is 5.82 Å². The Morgan fingerprint density at radius 3 is 2.47 bits per heavy atom. The summed E-state index contributed by atoms with van der Waals surface area (Å²) >= 11 is 6.11. The zero-order valence-corrected chi connectivity index (χ0v) is 19.1. The van der Waals surface area contributed by atoms with Crippen molar-refractivity contribution in [3.63, 3.8) is 0 Å². The van der Waals surface area contributed by atoms with E-state index in [1.807, 2.05) is 24.3 Å². The lowest BCUT2D eigenvalue weighted by Gasteiger charge is -2.29. The van der Waals surface area contributed by atoms with Crippen molar-refractivity contribution in [2.24, 2.45) is 0 Å². The van der Waals surface area contributed by atoms with Crippen molar-refractivity contribution in [1.29, 1.82) is 0 Å². The summed E-state index contributed by atoms with van der Waals surface area (Å²) < 4.78 is 17.2. The molecule has 164 valence electrons. The first-order valence-electron chi connectivity index (χ1n) is 11.0. The molecule has 0 aliphatic carbocycles. The van der Waals surface area contributed by atoms with Crippen molar-refractivity contribution in [3.8, 4) is 11.1 Å². The molecule has 32 heavy (non-hydrogen) atoms. The Balaban J connectivity index is 1.76. The number of rotatable bonds is 4. The second-order valence-corrected chi connectivity index (χ2v) is 8.84. The smallest absolute Gasteiger partial charge is 0.206 e. The zero-order chi connectivity index (χ0) is 22.2. The Kier molecular flexibility index (Phi) is 5.62. The van der Waals surface area contributed by atoms with Crippen LogP contribution < -0.4 is 10.2 Å². The second-order valence-electron chi connectivity index (χ2n) is 8.40. The van der Waals surface area contributed by atoms with Gasteiger partial charge in [-0.3, -0.25) is 0 Å². The fourth-order valence-corrected chi connectivity index (χ4v) is 4.63. The standard InChI is InChI=1S/C26H26ClFN4/c1-17-15-23-25(24(18(17)2)21-5-3-4-6-22(21)28)30-26(31-13-11-29-12-14-31)32(23)16-19-7-9-20(27)10-8-19/h3-10,15,29H,11-14,16H2,1-2H3. The van der Waals surface area contributed by atoms with Gasteiger partial charge in [-0.25, -0.2) is 9.37 Å². The molecule has 1 aliphatic rings. The van der Waals surface area contributed by atoms with Gasteiger partial charge in [0.15, 0.2) is 0 Å². The molecule has 3 aromatic carbocycles. The molecule has 1 aromatic heterocycles. The monoisotopic (exact) mass is 448 g/mol. The van der Waals surface area contributed by atoms with Gasteiger partial charge in [0, 0.05) is 42.3 Å². The molecule has 0 amide bonds. The number of anilines is 1. The molecule has 0 unspecified atom stereocenters. The molecule has 1 fully saturated rings. The molecule has 0 saturated carbocycles. The first-order valence-corrected chi connectivity index (χ1v) is 11.4. The van der Waals surface area contributed by atoms with Crippen molar-refractivity contribution < 1.29 is 4.39 Å². The molecule has 6 heteroatoms. The predicted octanol–water partition coefficient (Wildman–Crippen LogP) is 5.57. The van der Waals surface area contributed by atoms with E-state index in [1.165, 1.54) is 6.07 Å². The number of imidazole rings is 1. The minimum absolute atomic E-state index is 0.224. The topological polar surface area (TPSA) is 33.1 Å². The maximum atomic E-state index is 14.9. The van der Waals surface area contributed by atoms with E-state index < -0.39 is 0 Å². The van der Waals surface area contributed by atoms with Crippen LogP contribution in [0.3, 0.4) is 0 Å². The Morgan fingerprint density at radius 1 is 1.03 bits per heavy atom. The lowest BCUT2D eigenvalue weighted by molar-refractivity contribution is 0.571. The van der Waals surface area contributed by atoms with Gasteiger partial charge in [-0.05, 0) is 54.8 Å². The molecular weight excluding hydrogens is 423 g/mol. The van der Waals surface area contributed by atoms with E-state index in [4.69, 9.17) is 16.6 Å². The number of piperazine rings is 1. The molecule has 0 spiro atoms. The fraction of sp³-hybridized carbons (Fsp3) is 0.269. The molecule has 4 nitrogen and oxygen atoms in total. The minimum Gasteiger partial charge on any atom is -0.340 e. The van der Waals surface area contributed by atoms with Crippen LogP contribution in [0.4, 0.5) is 10.3 Å². The molecule has 4 aromatic rings. The molecule has 1 aliphatic heterocycles. The summed E-state index contributed by atoms with van der Waals surface area (Å²) in [7, 11) is 0. The third-order valence-electron chi connectivity index (χ3n) is 6.34. The normalized spacial score (nSPS) is 14.3. The van der Waals surface area contributed by atoms with E-state index in [0.29, 0.717) is 12.1 Å². The molecule has 0 bridgehead atoms. The Bertz CT molecular complexity index is 1270. The van der Waals surface area contributed by atoms with Crippen LogP contribution in [0, 0.1) is 19.7 Å². The van der Waals surface area contributed by atoms with Crippen LogP contribution in [0.15, 0.2) is 54.6 Å². The second kappa shape index (κ2) is 8.57. The molecule has 0 atom stereocenters. The highest BCUT2D eigenvalue weighted by Gasteiger charge is 2.23. The third kappa shape index (κ3) is 3.76. The highest BCUT2D eigenvalue weighted by molar-refractivity contribution is 6.30. The van der Waals surface area contributed by atoms with Crippen LogP contribution >= 0.6 is 11.6 Å². The number of aromatic nitrogens is 2. The number of nitrogens with one attached hydrogen (secondary N) is 1. The summed E-state index contributed by atoms with van der Waals surface area (Å²) in [6, 6.07) is 17.1. The van der Waals surface area contributed by atoms with E-state index in [0.717, 1.165) is 70.4 Å². The van der Waals surface area contributed by atoms with Gasteiger partial charge in [0.05, 0.1) is 17.6 Å². The van der Waals surface area contributed by atoms with Crippen molar-refractivity contribution in [3.05, 3.63) is 82.1 Å². The Morgan fingerprint density at radius 2 is 1.75 bits per heavy atom. The molecular formula is C26H26ClFN4. The first-order chi connectivity index (χ1) is 15.5. The quantitative estimate of drug-likeness (QED) is 0.443. The molecule has 1 saturated heterocycles. The maximum absolute atomic E-state index is 14.9. The number of hydrogen-bond acceptors (Lipinski definition) is 3. The average molecular weight is 449 g/mol. The zero-order valence-electron chi connectivity index (χ0n) is 18.3. The van der Waals surface area contributed by atoms with Gasteiger partial charge < -0.3 is 14.8 Å². The summed E-state index contributed by atoms with van der Waals surface area (Å²) in [6.45, 7) is 8.42. The average Bonchev–Trinajstić information content (AvgIpc) is 3.15. The Labute approximate surface area is 192 Å². The molecule has 2 heterocycles. The summed E-state index contributed by atoms with van der Waals surface area (Å²) in [6.07, 6.45) is 0. The van der Waals surface area contributed by atoms with Gasteiger partial charge >= 0.3 is 0 Å². The summed E-state index contributed by atoms with van der Waals surface area (Å²) in [4.78, 5) is 7.46. The van der Waals surface area contributed by atoms with Crippen molar-refractivity contribution >= 4 is 28.6 Å².